The number of aromatic nitrogens is 3. The van der Waals surface area contributed by atoms with Crippen LogP contribution in [0.5, 0.6) is 5.75 Å². The first-order valence-electron chi connectivity index (χ1n) is 11.5. The average Bonchev–Trinajstić information content (AvgIpc) is 3.42. The van der Waals surface area contributed by atoms with E-state index in [2.05, 4.69) is 25.3 Å². The molecule has 1 aliphatic heterocycles. The number of aliphatic imine (C=N–C) groups is 1. The van der Waals surface area contributed by atoms with Crippen LogP contribution in [0, 0.1) is 5.82 Å². The number of hydrogen-bond acceptors (Lipinski definition) is 10. The fraction of sp³-hybridized carbons (Fsp3) is 0.240. The van der Waals surface area contributed by atoms with Crippen LogP contribution in [-0.4, -0.2) is 71.9 Å². The molecule has 0 saturated carbocycles. The molecule has 190 valence electrons. The molecule has 5 rings (SSSR count). The van der Waals surface area contributed by atoms with Gasteiger partial charge in [-0.05, 0) is 29.8 Å². The number of morpholine rings is 1. The van der Waals surface area contributed by atoms with Gasteiger partial charge in [-0.3, -0.25) is 9.79 Å². The van der Waals surface area contributed by atoms with Crippen LogP contribution in [0.15, 0.2) is 47.3 Å². The third-order valence-electron chi connectivity index (χ3n) is 5.89. The van der Waals surface area contributed by atoms with Gasteiger partial charge in [0.2, 0.25) is 0 Å². The van der Waals surface area contributed by atoms with Gasteiger partial charge in [0.1, 0.15) is 17.9 Å². The maximum Gasteiger partial charge on any atom is 0.260 e. The van der Waals surface area contributed by atoms with Crippen LogP contribution in [-0.2, 0) is 9.53 Å². The lowest BCUT2D eigenvalue weighted by Gasteiger charge is -2.26. The Morgan fingerprint density at radius 1 is 1.27 bits per heavy atom. The molecular formula is C25H24FN7O3S. The van der Waals surface area contributed by atoms with Gasteiger partial charge in [0.25, 0.3) is 5.91 Å². The maximum absolute atomic E-state index is 15.2. The zero-order valence-corrected chi connectivity index (χ0v) is 20.8. The molecule has 0 radical (unpaired) electrons. The van der Waals surface area contributed by atoms with Crippen molar-refractivity contribution in [3.8, 4) is 5.75 Å². The van der Waals surface area contributed by atoms with E-state index in [9.17, 15) is 4.79 Å². The van der Waals surface area contributed by atoms with Crippen LogP contribution in [0.2, 0.25) is 0 Å². The van der Waals surface area contributed by atoms with E-state index in [-0.39, 0.29) is 18.2 Å². The number of fused-ring (bicyclic) bond motifs is 2. The van der Waals surface area contributed by atoms with E-state index in [1.165, 1.54) is 23.9 Å². The van der Waals surface area contributed by atoms with E-state index in [0.717, 1.165) is 0 Å². The number of rotatable bonds is 7. The Morgan fingerprint density at radius 3 is 2.89 bits per heavy atom. The number of anilines is 2. The van der Waals surface area contributed by atoms with E-state index in [4.69, 9.17) is 15.2 Å². The van der Waals surface area contributed by atoms with Gasteiger partial charge in [0.05, 0.1) is 45.5 Å². The molecule has 1 saturated heterocycles. The van der Waals surface area contributed by atoms with E-state index < -0.39 is 5.82 Å². The predicted molar refractivity (Wildman–Crippen MR) is 142 cm³/mol. The highest BCUT2D eigenvalue weighted by atomic mass is 32.1. The molecule has 1 amide bonds. The molecule has 0 unspecified atom stereocenters. The van der Waals surface area contributed by atoms with Crippen molar-refractivity contribution in [2.24, 2.45) is 10.7 Å². The molecule has 0 bridgehead atoms. The molecule has 0 atom stereocenters. The second kappa shape index (κ2) is 10.8. The highest BCUT2D eigenvalue weighted by molar-refractivity contribution is 7.16. The lowest BCUT2D eigenvalue weighted by atomic mass is 10.0. The van der Waals surface area contributed by atoms with Crippen molar-refractivity contribution in [1.29, 1.82) is 0 Å². The molecular weight excluding hydrogens is 497 g/mol. The van der Waals surface area contributed by atoms with Crippen molar-refractivity contribution < 1.29 is 18.7 Å². The Labute approximate surface area is 215 Å². The number of thiazole rings is 1. The number of carbonyl (C=O) groups is 1. The Kier molecular flexibility index (Phi) is 7.19. The quantitative estimate of drug-likeness (QED) is 0.355. The fourth-order valence-electron chi connectivity index (χ4n) is 4.05. The summed E-state index contributed by atoms with van der Waals surface area (Å²) < 4.78 is 27.0. The summed E-state index contributed by atoms with van der Waals surface area (Å²) in [7, 11) is 1.64. The fourth-order valence-corrected chi connectivity index (χ4v) is 4.77. The largest absolute Gasteiger partial charge is 0.483 e. The minimum absolute atomic E-state index is 0.167. The number of nitrogens with one attached hydrogen (secondary N) is 1. The summed E-state index contributed by atoms with van der Waals surface area (Å²) in [6, 6.07) is 6.89. The molecule has 2 aromatic carbocycles. The highest BCUT2D eigenvalue weighted by Crippen LogP contribution is 2.36. The standard InChI is InChI=1S/C25H24FN7O3S/c1-28-11-16(10-27)15-8-19-22(20(9-15)36-12-21(34)33-4-6-35-7-5-33)25(30-13-29-19)32-17-2-3-18-24(23(17)26)37-14-31-18/h2-3,8-11,13-14H,4-7,12,27H2,1H3,(H,29,30,32)/b16-10+,28-11?. The van der Waals surface area contributed by atoms with Crippen molar-refractivity contribution in [2.75, 3.05) is 45.3 Å². The van der Waals surface area contributed by atoms with Crippen LogP contribution in [0.4, 0.5) is 15.9 Å². The average molecular weight is 522 g/mol. The number of nitrogens with two attached hydrogens (primary N) is 1. The van der Waals surface area contributed by atoms with Gasteiger partial charge < -0.3 is 25.4 Å². The van der Waals surface area contributed by atoms with Crippen LogP contribution in [0.3, 0.4) is 0 Å². The number of halogens is 1. The Balaban J connectivity index is 1.56. The first-order valence-corrected chi connectivity index (χ1v) is 12.4. The van der Waals surface area contributed by atoms with E-state index in [0.29, 0.717) is 70.1 Å². The summed E-state index contributed by atoms with van der Waals surface area (Å²) in [4.78, 5) is 31.5. The Bertz CT molecular complexity index is 1520. The number of amides is 1. The molecule has 3 N–H and O–H groups in total. The van der Waals surface area contributed by atoms with Gasteiger partial charge in [-0.1, -0.05) is 0 Å². The first-order chi connectivity index (χ1) is 18.1. The minimum Gasteiger partial charge on any atom is -0.483 e. The number of ether oxygens (including phenoxy) is 2. The first kappa shape index (κ1) is 24.5. The lowest BCUT2D eigenvalue weighted by molar-refractivity contribution is -0.137. The molecule has 1 aliphatic rings. The maximum atomic E-state index is 15.2. The second-order valence-corrected chi connectivity index (χ2v) is 8.99. The summed E-state index contributed by atoms with van der Waals surface area (Å²) in [5.74, 6) is 0.0800. The SMILES string of the molecule is CN=C/C(=C\N)c1cc(OCC(=O)N2CCOCC2)c2c(Nc3ccc4ncsc4c3F)ncnc2c1. The van der Waals surface area contributed by atoms with Crippen molar-refractivity contribution >= 4 is 61.7 Å². The van der Waals surface area contributed by atoms with Crippen LogP contribution >= 0.6 is 11.3 Å². The number of allylic oxidation sites excluding steroid dienone is 1. The van der Waals surface area contributed by atoms with Crippen molar-refractivity contribution in [2.45, 2.75) is 0 Å². The van der Waals surface area contributed by atoms with Gasteiger partial charge in [0.15, 0.2) is 12.4 Å². The summed E-state index contributed by atoms with van der Waals surface area (Å²) in [5, 5.41) is 3.57. The summed E-state index contributed by atoms with van der Waals surface area (Å²) >= 11 is 1.22. The molecule has 0 aliphatic carbocycles. The number of hydrogen-bond donors (Lipinski definition) is 2. The topological polar surface area (TPSA) is 128 Å². The molecule has 37 heavy (non-hydrogen) atoms. The number of benzene rings is 2. The Morgan fingerprint density at radius 2 is 2.11 bits per heavy atom. The van der Waals surface area contributed by atoms with Crippen LogP contribution in [0.25, 0.3) is 26.7 Å². The lowest BCUT2D eigenvalue weighted by Crippen LogP contribution is -2.43. The summed E-state index contributed by atoms with van der Waals surface area (Å²) in [5.41, 5.74) is 10.1. The molecule has 3 heterocycles. The van der Waals surface area contributed by atoms with Gasteiger partial charge in [-0.2, -0.15) is 0 Å². The summed E-state index contributed by atoms with van der Waals surface area (Å²) in [6.45, 7) is 1.79. The van der Waals surface area contributed by atoms with Gasteiger partial charge in [0, 0.05) is 38.1 Å². The molecule has 10 nitrogen and oxygen atoms in total. The number of nitrogens with zero attached hydrogens (tertiary/aromatic N) is 5. The van der Waals surface area contributed by atoms with E-state index in [1.54, 1.807) is 41.9 Å². The normalized spacial score (nSPS) is 14.5. The van der Waals surface area contributed by atoms with Crippen molar-refractivity contribution in [3.05, 3.63) is 53.7 Å². The molecule has 4 aromatic rings. The van der Waals surface area contributed by atoms with Gasteiger partial charge in [-0.25, -0.2) is 19.3 Å². The summed E-state index contributed by atoms with van der Waals surface area (Å²) in [6.07, 6.45) is 4.42. The van der Waals surface area contributed by atoms with Crippen molar-refractivity contribution in [1.82, 2.24) is 19.9 Å². The zero-order chi connectivity index (χ0) is 25.8. The van der Waals surface area contributed by atoms with Crippen molar-refractivity contribution in [3.63, 3.8) is 0 Å². The predicted octanol–water partition coefficient (Wildman–Crippen LogP) is 3.36. The number of carbonyl (C=O) groups excluding carboxylic acids is 1. The monoisotopic (exact) mass is 521 g/mol. The zero-order valence-electron chi connectivity index (χ0n) is 20.0. The van der Waals surface area contributed by atoms with Crippen LogP contribution in [0.1, 0.15) is 5.56 Å². The van der Waals surface area contributed by atoms with Crippen LogP contribution < -0.4 is 15.8 Å². The smallest absolute Gasteiger partial charge is 0.260 e. The van der Waals surface area contributed by atoms with Gasteiger partial charge in [-0.15, -0.1) is 11.3 Å². The Hall–Kier alpha value is -4.16. The highest BCUT2D eigenvalue weighted by Gasteiger charge is 2.20. The minimum atomic E-state index is -0.430. The van der Waals surface area contributed by atoms with E-state index in [1.807, 2.05) is 6.07 Å². The van der Waals surface area contributed by atoms with E-state index >= 15 is 4.39 Å². The molecule has 1 fully saturated rings. The van der Waals surface area contributed by atoms with Gasteiger partial charge >= 0.3 is 0 Å². The molecule has 0 spiro atoms. The molecule has 2 aromatic heterocycles. The third-order valence-corrected chi connectivity index (χ3v) is 6.72. The molecule has 12 heteroatoms. The third kappa shape index (κ3) is 5.06. The second-order valence-electron chi connectivity index (χ2n) is 8.13.